The summed E-state index contributed by atoms with van der Waals surface area (Å²) in [6.45, 7) is 2.26. The second-order valence-corrected chi connectivity index (χ2v) is 12.1. The summed E-state index contributed by atoms with van der Waals surface area (Å²) in [7, 11) is -3.51. The number of nitrogens with zero attached hydrogens (tertiary/aromatic N) is 1. The zero-order chi connectivity index (χ0) is 26.5. The summed E-state index contributed by atoms with van der Waals surface area (Å²) < 4.78 is 68.9. The molecule has 2 aliphatic heterocycles. The third kappa shape index (κ3) is 4.98. The molecule has 1 unspecified atom stereocenters. The number of halogens is 3. The highest BCUT2D eigenvalue weighted by molar-refractivity contribution is 7.91. The first-order valence-electron chi connectivity index (χ1n) is 12.2. The standard InChI is InChI=1S/C26H27F3N2O5S/c1-2-37(34,35)20-5-3-4-16(10-20)25(33)31-21-11-17(21)12-22(31)24(32)30-23(18-13-36-14-18)15-6-8-19(9-7-15)26(27,28)29/h3-10,17-18,21-23H,2,11-14H2,1H3,(H,30,32)/t17-,21-,22?,23+/m1/s1. The maximum atomic E-state index is 13.5. The molecule has 3 fully saturated rings. The molecule has 198 valence electrons. The van der Waals surface area contributed by atoms with Crippen LogP contribution in [0.5, 0.6) is 0 Å². The van der Waals surface area contributed by atoms with E-state index < -0.39 is 39.6 Å². The van der Waals surface area contributed by atoms with Crippen molar-refractivity contribution in [2.45, 2.75) is 49.0 Å². The summed E-state index contributed by atoms with van der Waals surface area (Å²) in [6.07, 6.45) is -3.20. The Hall–Kier alpha value is -2.92. The Morgan fingerprint density at radius 2 is 1.81 bits per heavy atom. The van der Waals surface area contributed by atoms with E-state index in [2.05, 4.69) is 5.32 Å². The van der Waals surface area contributed by atoms with Gasteiger partial charge in [-0.15, -0.1) is 0 Å². The van der Waals surface area contributed by atoms with Gasteiger partial charge in [0.2, 0.25) is 5.91 Å². The Balaban J connectivity index is 1.36. The first-order valence-corrected chi connectivity index (χ1v) is 13.9. The van der Waals surface area contributed by atoms with Gasteiger partial charge < -0.3 is 15.0 Å². The van der Waals surface area contributed by atoms with Gasteiger partial charge in [-0.1, -0.05) is 25.1 Å². The number of hydrogen-bond donors (Lipinski definition) is 1. The molecule has 1 N–H and O–H groups in total. The normalized spacial score (nSPS) is 24.2. The van der Waals surface area contributed by atoms with Gasteiger partial charge >= 0.3 is 6.18 Å². The van der Waals surface area contributed by atoms with E-state index in [1.54, 1.807) is 11.0 Å². The molecule has 5 rings (SSSR count). The molecule has 2 aromatic carbocycles. The highest BCUT2D eigenvalue weighted by atomic mass is 32.2. The molecule has 0 aromatic heterocycles. The fourth-order valence-corrected chi connectivity index (χ4v) is 6.10. The van der Waals surface area contributed by atoms with Gasteiger partial charge in [-0.05, 0) is 54.7 Å². The minimum atomic E-state index is -4.46. The van der Waals surface area contributed by atoms with E-state index in [-0.39, 0.29) is 40.0 Å². The molecule has 1 aliphatic carbocycles. The molecule has 11 heteroatoms. The molecule has 0 radical (unpaired) electrons. The number of amides is 2. The van der Waals surface area contributed by atoms with E-state index in [0.717, 1.165) is 18.6 Å². The molecule has 7 nitrogen and oxygen atoms in total. The van der Waals surface area contributed by atoms with Crippen LogP contribution in [0.3, 0.4) is 0 Å². The van der Waals surface area contributed by atoms with Crippen LogP contribution in [0.25, 0.3) is 0 Å². The molecule has 2 heterocycles. The third-order valence-corrected chi connectivity index (χ3v) is 9.22. The number of carbonyl (C=O) groups excluding carboxylic acids is 2. The molecule has 3 aliphatic rings. The van der Waals surface area contributed by atoms with Gasteiger partial charge in [0.15, 0.2) is 9.84 Å². The van der Waals surface area contributed by atoms with Gasteiger partial charge in [0, 0.05) is 17.5 Å². The number of likely N-dealkylation sites (tertiary alicyclic amines) is 1. The molecule has 0 spiro atoms. The van der Waals surface area contributed by atoms with Gasteiger partial charge in [-0.3, -0.25) is 9.59 Å². The summed E-state index contributed by atoms with van der Waals surface area (Å²) in [5, 5.41) is 2.97. The molecule has 2 amide bonds. The minimum Gasteiger partial charge on any atom is -0.381 e. The predicted octanol–water partition coefficient (Wildman–Crippen LogP) is 3.61. The van der Waals surface area contributed by atoms with Crippen LogP contribution >= 0.6 is 0 Å². The van der Waals surface area contributed by atoms with Crippen molar-refractivity contribution in [3.8, 4) is 0 Å². The van der Waals surface area contributed by atoms with E-state index >= 15 is 0 Å². The van der Waals surface area contributed by atoms with Crippen molar-refractivity contribution in [1.82, 2.24) is 10.2 Å². The van der Waals surface area contributed by atoms with Crippen molar-refractivity contribution in [2.24, 2.45) is 11.8 Å². The minimum absolute atomic E-state index is 0.0562. The van der Waals surface area contributed by atoms with Crippen LogP contribution < -0.4 is 5.32 Å². The second-order valence-electron chi connectivity index (χ2n) is 9.86. The van der Waals surface area contributed by atoms with Crippen LogP contribution in [0.1, 0.15) is 47.3 Å². The van der Waals surface area contributed by atoms with Gasteiger partial charge in [0.25, 0.3) is 5.91 Å². The summed E-state index contributed by atoms with van der Waals surface area (Å²) in [6, 6.07) is 9.16. The number of ether oxygens (including phenoxy) is 1. The fourth-order valence-electron chi connectivity index (χ4n) is 5.17. The summed E-state index contributed by atoms with van der Waals surface area (Å²) >= 11 is 0. The largest absolute Gasteiger partial charge is 0.416 e. The number of sulfone groups is 1. The van der Waals surface area contributed by atoms with E-state index in [1.165, 1.54) is 37.3 Å². The Bertz CT molecular complexity index is 1310. The Morgan fingerprint density at radius 3 is 2.41 bits per heavy atom. The lowest BCUT2D eigenvalue weighted by Gasteiger charge is -2.36. The number of rotatable bonds is 7. The van der Waals surface area contributed by atoms with Crippen molar-refractivity contribution in [3.63, 3.8) is 0 Å². The Kier molecular flexibility index (Phi) is 6.56. The number of benzene rings is 2. The lowest BCUT2D eigenvalue weighted by molar-refractivity contribution is -0.137. The van der Waals surface area contributed by atoms with E-state index in [9.17, 15) is 31.2 Å². The zero-order valence-electron chi connectivity index (χ0n) is 20.1. The third-order valence-electron chi connectivity index (χ3n) is 7.49. The molecule has 0 bridgehead atoms. The van der Waals surface area contributed by atoms with Crippen molar-refractivity contribution < 1.29 is 35.9 Å². The van der Waals surface area contributed by atoms with E-state index in [4.69, 9.17) is 4.74 Å². The Labute approximate surface area is 212 Å². The smallest absolute Gasteiger partial charge is 0.381 e. The van der Waals surface area contributed by atoms with Crippen molar-refractivity contribution in [3.05, 3.63) is 65.2 Å². The SMILES string of the molecule is CCS(=O)(=O)c1cccc(C(=O)N2C(C(=O)N[C@@H](c3ccc(C(F)(F)F)cc3)C3COC3)C[C@H]3C[C@H]32)c1. The van der Waals surface area contributed by atoms with Crippen LogP contribution in [-0.2, 0) is 25.5 Å². The zero-order valence-corrected chi connectivity index (χ0v) is 20.9. The Morgan fingerprint density at radius 1 is 1.11 bits per heavy atom. The number of carbonyl (C=O) groups is 2. The van der Waals surface area contributed by atoms with Crippen LogP contribution in [0.4, 0.5) is 13.2 Å². The van der Waals surface area contributed by atoms with Gasteiger partial charge in [0.05, 0.1) is 35.5 Å². The van der Waals surface area contributed by atoms with Crippen LogP contribution in [0.15, 0.2) is 53.4 Å². The van der Waals surface area contributed by atoms with Crippen LogP contribution in [-0.4, -0.2) is 56.2 Å². The van der Waals surface area contributed by atoms with Crippen molar-refractivity contribution in [2.75, 3.05) is 19.0 Å². The summed E-state index contributed by atoms with van der Waals surface area (Å²) in [5.74, 6) is -0.790. The van der Waals surface area contributed by atoms with Crippen LogP contribution in [0.2, 0.25) is 0 Å². The molecule has 2 saturated heterocycles. The lowest BCUT2D eigenvalue weighted by atomic mass is 9.90. The number of alkyl halides is 3. The maximum Gasteiger partial charge on any atom is 0.416 e. The average molecular weight is 537 g/mol. The van der Waals surface area contributed by atoms with Crippen molar-refractivity contribution in [1.29, 1.82) is 0 Å². The lowest BCUT2D eigenvalue weighted by Crippen LogP contribution is -2.51. The van der Waals surface area contributed by atoms with E-state index in [0.29, 0.717) is 25.2 Å². The average Bonchev–Trinajstić information content (AvgIpc) is 3.51. The van der Waals surface area contributed by atoms with Gasteiger partial charge in [-0.25, -0.2) is 8.42 Å². The van der Waals surface area contributed by atoms with Crippen molar-refractivity contribution >= 4 is 21.7 Å². The first-order chi connectivity index (χ1) is 17.5. The number of fused-ring (bicyclic) bond motifs is 1. The van der Waals surface area contributed by atoms with E-state index in [1.807, 2.05) is 0 Å². The monoisotopic (exact) mass is 536 g/mol. The topological polar surface area (TPSA) is 92.8 Å². The molecule has 2 aromatic rings. The number of nitrogens with one attached hydrogen (secondary N) is 1. The maximum absolute atomic E-state index is 13.5. The highest BCUT2D eigenvalue weighted by Crippen LogP contribution is 2.48. The second kappa shape index (κ2) is 9.43. The highest BCUT2D eigenvalue weighted by Gasteiger charge is 2.56. The quantitative estimate of drug-likeness (QED) is 0.584. The fraction of sp³-hybridized carbons (Fsp3) is 0.462. The number of hydrogen-bond acceptors (Lipinski definition) is 5. The summed E-state index contributed by atoms with van der Waals surface area (Å²) in [5.41, 5.74) is -0.0362. The molecule has 4 atom stereocenters. The summed E-state index contributed by atoms with van der Waals surface area (Å²) in [4.78, 5) is 28.5. The van der Waals surface area contributed by atoms with Gasteiger partial charge in [0.1, 0.15) is 6.04 Å². The molecular weight excluding hydrogens is 509 g/mol. The predicted molar refractivity (Wildman–Crippen MR) is 127 cm³/mol. The molecular formula is C26H27F3N2O5S. The molecule has 37 heavy (non-hydrogen) atoms. The molecule has 1 saturated carbocycles. The van der Waals surface area contributed by atoms with Crippen LogP contribution in [0, 0.1) is 11.8 Å². The first kappa shape index (κ1) is 25.7. The van der Waals surface area contributed by atoms with Gasteiger partial charge in [-0.2, -0.15) is 13.2 Å². The number of piperidine rings is 1.